The number of carbonyl (C=O) groups excluding carboxylic acids is 1. The summed E-state index contributed by atoms with van der Waals surface area (Å²) < 4.78 is 40.6. The van der Waals surface area contributed by atoms with Crippen LogP contribution in [0, 0.1) is 0 Å². The van der Waals surface area contributed by atoms with E-state index in [4.69, 9.17) is 4.74 Å². The molecule has 6 nitrogen and oxygen atoms in total. The highest BCUT2D eigenvalue weighted by Crippen LogP contribution is 2.43. The third kappa shape index (κ3) is 3.36. The number of hydrogen-bond acceptors (Lipinski definition) is 5. The lowest BCUT2D eigenvalue weighted by Crippen LogP contribution is -2.60. The molecule has 1 unspecified atom stereocenters. The van der Waals surface area contributed by atoms with E-state index < -0.39 is 11.8 Å². The predicted molar refractivity (Wildman–Crippen MR) is 92.7 cm³/mol. The van der Waals surface area contributed by atoms with Crippen molar-refractivity contribution in [2.45, 2.75) is 44.1 Å². The topological polar surface area (TPSA) is 51.2 Å². The average Bonchev–Trinajstić information content (AvgIpc) is 3.15. The summed E-state index contributed by atoms with van der Waals surface area (Å²) in [5.41, 5.74) is 0.338. The second kappa shape index (κ2) is 6.91. The highest BCUT2D eigenvalue weighted by molar-refractivity contribution is 5.87. The first-order valence-electron chi connectivity index (χ1n) is 9.36. The van der Waals surface area contributed by atoms with Gasteiger partial charge in [0, 0.05) is 26.7 Å². The van der Waals surface area contributed by atoms with Gasteiger partial charge in [-0.3, -0.25) is 9.69 Å². The Labute approximate surface area is 157 Å². The minimum Gasteiger partial charge on any atom is -0.395 e. The number of ether oxygens (including phenoxy) is 3. The first-order valence-corrected chi connectivity index (χ1v) is 9.36. The molecule has 3 heterocycles. The summed E-state index contributed by atoms with van der Waals surface area (Å²) in [4.78, 5) is 17.3. The van der Waals surface area contributed by atoms with Crippen molar-refractivity contribution in [1.29, 1.82) is 0 Å². The number of alkyl halides is 2. The zero-order valence-electron chi connectivity index (χ0n) is 15.4. The Hall–Kier alpha value is -1.93. The monoisotopic (exact) mass is 382 g/mol. The fourth-order valence-corrected chi connectivity index (χ4v) is 4.48. The summed E-state index contributed by atoms with van der Waals surface area (Å²) in [6, 6.07) is 4.84. The number of fused-ring (bicyclic) bond motifs is 1. The molecule has 1 atom stereocenters. The van der Waals surface area contributed by atoms with Crippen molar-refractivity contribution in [2.24, 2.45) is 0 Å². The number of likely N-dealkylation sites (tertiary alicyclic amines) is 2. The zero-order valence-corrected chi connectivity index (χ0v) is 15.4. The minimum atomic E-state index is -3.61. The summed E-state index contributed by atoms with van der Waals surface area (Å²) in [5, 5.41) is 0. The molecule has 2 fully saturated rings. The normalized spacial score (nSPS) is 26.9. The lowest BCUT2D eigenvalue weighted by Gasteiger charge is -2.44. The highest BCUT2D eigenvalue weighted by atomic mass is 19.3. The number of rotatable bonds is 5. The Morgan fingerprint density at radius 3 is 2.67 bits per heavy atom. The van der Waals surface area contributed by atoms with Crippen molar-refractivity contribution in [3.63, 3.8) is 0 Å². The molecule has 4 rings (SSSR count). The van der Waals surface area contributed by atoms with Crippen LogP contribution in [0.2, 0.25) is 0 Å². The maximum Gasteiger partial charge on any atom is 0.586 e. The third-order valence-corrected chi connectivity index (χ3v) is 5.73. The van der Waals surface area contributed by atoms with Crippen molar-refractivity contribution in [3.8, 4) is 11.5 Å². The van der Waals surface area contributed by atoms with Crippen LogP contribution in [0.25, 0.3) is 0 Å². The van der Waals surface area contributed by atoms with Crippen molar-refractivity contribution in [1.82, 2.24) is 9.80 Å². The molecule has 148 valence electrons. The van der Waals surface area contributed by atoms with Gasteiger partial charge in [0.1, 0.15) is 5.54 Å². The van der Waals surface area contributed by atoms with Crippen LogP contribution in [0.3, 0.4) is 0 Å². The molecule has 2 saturated heterocycles. The largest absolute Gasteiger partial charge is 0.586 e. The summed E-state index contributed by atoms with van der Waals surface area (Å²) in [6.07, 6.45) is -0.0430. The number of benzene rings is 1. The molecule has 0 saturated carbocycles. The number of hydrogen-bond donors (Lipinski definition) is 0. The molecule has 1 aromatic carbocycles. The van der Waals surface area contributed by atoms with Crippen LogP contribution < -0.4 is 9.47 Å². The van der Waals surface area contributed by atoms with Gasteiger partial charge in [-0.25, -0.2) is 0 Å². The van der Waals surface area contributed by atoms with Gasteiger partial charge in [-0.2, -0.15) is 0 Å². The second-order valence-corrected chi connectivity index (χ2v) is 7.39. The number of carbonyl (C=O) groups is 1. The van der Waals surface area contributed by atoms with Crippen LogP contribution in [0.4, 0.5) is 8.78 Å². The molecule has 0 N–H and O–H groups in total. The summed E-state index contributed by atoms with van der Waals surface area (Å²) >= 11 is 0. The van der Waals surface area contributed by atoms with E-state index in [-0.39, 0.29) is 17.4 Å². The third-order valence-electron chi connectivity index (χ3n) is 5.73. The summed E-state index contributed by atoms with van der Waals surface area (Å²) in [5.74, 6) is 0.248. The van der Waals surface area contributed by atoms with E-state index in [9.17, 15) is 13.6 Å². The Bertz CT molecular complexity index is 730. The standard InChI is InChI=1S/C19H24F2N2O4/c1-25-11-10-22-8-2-6-18(17(22)24)7-3-9-23(18)13-14-4-5-15-16(12-14)27-19(20,21)26-15/h4-5,12H,2-3,6-11,13H2,1H3. The molecular formula is C19H24F2N2O4. The summed E-state index contributed by atoms with van der Waals surface area (Å²) in [7, 11) is 1.63. The van der Waals surface area contributed by atoms with E-state index >= 15 is 0 Å². The van der Waals surface area contributed by atoms with Crippen LogP contribution in [0.5, 0.6) is 11.5 Å². The van der Waals surface area contributed by atoms with Crippen LogP contribution >= 0.6 is 0 Å². The molecule has 8 heteroatoms. The molecule has 3 aliphatic heterocycles. The number of halogens is 2. The van der Waals surface area contributed by atoms with Crippen molar-refractivity contribution in [3.05, 3.63) is 23.8 Å². The van der Waals surface area contributed by atoms with Gasteiger partial charge in [-0.1, -0.05) is 6.07 Å². The van der Waals surface area contributed by atoms with Crippen LogP contribution in [0.1, 0.15) is 31.2 Å². The Morgan fingerprint density at radius 2 is 1.89 bits per heavy atom. The van der Waals surface area contributed by atoms with E-state index in [2.05, 4.69) is 14.4 Å². The van der Waals surface area contributed by atoms with Crippen LogP contribution in [-0.2, 0) is 16.1 Å². The van der Waals surface area contributed by atoms with Crippen molar-refractivity contribution < 1.29 is 27.8 Å². The van der Waals surface area contributed by atoms with Gasteiger partial charge in [-0.15, -0.1) is 8.78 Å². The zero-order chi connectivity index (χ0) is 19.1. The maximum absolute atomic E-state index is 13.2. The molecule has 0 bridgehead atoms. The molecule has 0 aromatic heterocycles. The predicted octanol–water partition coefficient (Wildman–Crippen LogP) is 2.61. The van der Waals surface area contributed by atoms with Gasteiger partial charge in [0.15, 0.2) is 11.5 Å². The van der Waals surface area contributed by atoms with E-state index in [0.29, 0.717) is 19.7 Å². The van der Waals surface area contributed by atoms with E-state index in [0.717, 1.165) is 44.3 Å². The van der Waals surface area contributed by atoms with Gasteiger partial charge in [0.25, 0.3) is 0 Å². The smallest absolute Gasteiger partial charge is 0.395 e. The molecular weight excluding hydrogens is 358 g/mol. The van der Waals surface area contributed by atoms with E-state index in [1.54, 1.807) is 19.2 Å². The first-order chi connectivity index (χ1) is 12.9. The van der Waals surface area contributed by atoms with Crippen LogP contribution in [0.15, 0.2) is 18.2 Å². The van der Waals surface area contributed by atoms with Gasteiger partial charge in [0.05, 0.1) is 6.61 Å². The Kier molecular flexibility index (Phi) is 4.71. The number of methoxy groups -OCH3 is 1. The molecule has 0 radical (unpaired) electrons. The second-order valence-electron chi connectivity index (χ2n) is 7.39. The molecule has 0 aliphatic carbocycles. The number of amides is 1. The quantitative estimate of drug-likeness (QED) is 0.784. The van der Waals surface area contributed by atoms with Crippen molar-refractivity contribution >= 4 is 5.91 Å². The van der Waals surface area contributed by atoms with Crippen molar-refractivity contribution in [2.75, 3.05) is 33.4 Å². The van der Waals surface area contributed by atoms with E-state index in [1.807, 2.05) is 4.90 Å². The van der Waals surface area contributed by atoms with Gasteiger partial charge in [0.2, 0.25) is 5.91 Å². The van der Waals surface area contributed by atoms with Gasteiger partial charge in [-0.05, 0) is 49.9 Å². The summed E-state index contributed by atoms with van der Waals surface area (Å²) in [6.45, 7) is 3.22. The molecule has 27 heavy (non-hydrogen) atoms. The molecule has 1 spiro atoms. The highest BCUT2D eigenvalue weighted by Gasteiger charge is 2.50. The molecule has 1 amide bonds. The molecule has 3 aliphatic rings. The Morgan fingerprint density at radius 1 is 1.15 bits per heavy atom. The lowest BCUT2D eigenvalue weighted by atomic mass is 9.85. The fraction of sp³-hybridized carbons (Fsp3) is 0.632. The van der Waals surface area contributed by atoms with E-state index in [1.165, 1.54) is 6.07 Å². The minimum absolute atomic E-state index is 0.0411. The SMILES string of the molecule is COCCN1CCCC2(CCCN2Cc2ccc3c(c2)OC(F)(F)O3)C1=O. The average molecular weight is 382 g/mol. The van der Waals surface area contributed by atoms with Crippen LogP contribution in [-0.4, -0.2) is 60.9 Å². The Balaban J connectivity index is 1.51. The van der Waals surface area contributed by atoms with Gasteiger partial charge < -0.3 is 19.1 Å². The lowest BCUT2D eigenvalue weighted by molar-refractivity contribution is -0.286. The fourth-order valence-electron chi connectivity index (χ4n) is 4.48. The number of nitrogens with zero attached hydrogens (tertiary/aromatic N) is 2. The molecule has 1 aromatic rings. The number of piperidine rings is 1. The first kappa shape index (κ1) is 18.4. The maximum atomic E-state index is 13.2. The van der Waals surface area contributed by atoms with Gasteiger partial charge >= 0.3 is 6.29 Å².